The van der Waals surface area contributed by atoms with Gasteiger partial charge in [0, 0.05) is 11.1 Å². The molecule has 0 spiro atoms. The van der Waals surface area contributed by atoms with Gasteiger partial charge in [-0.3, -0.25) is 0 Å². The Morgan fingerprint density at radius 1 is 1.29 bits per heavy atom. The number of hydrogen-bond acceptors (Lipinski definition) is 1. The number of halogens is 1. The standard InChI is InChI=1S/C15H22ClN/c1-4-17-15(12-6-5-7-12)13-8-10(2)11(3)9-14(13)16/h8-9,12,15,17H,4-7H2,1-3H3. The molecule has 1 nitrogen and oxygen atoms in total. The molecule has 1 aliphatic carbocycles. The van der Waals surface area contributed by atoms with Crippen LogP contribution in [0.15, 0.2) is 12.1 Å². The summed E-state index contributed by atoms with van der Waals surface area (Å²) in [5.74, 6) is 0.773. The number of hydrogen-bond donors (Lipinski definition) is 1. The first-order valence-corrected chi connectivity index (χ1v) is 7.01. The van der Waals surface area contributed by atoms with E-state index in [-0.39, 0.29) is 0 Å². The van der Waals surface area contributed by atoms with E-state index in [1.165, 1.54) is 36.0 Å². The zero-order chi connectivity index (χ0) is 12.4. The van der Waals surface area contributed by atoms with Crippen molar-refractivity contribution >= 4 is 11.6 Å². The lowest BCUT2D eigenvalue weighted by Gasteiger charge is -2.35. The molecule has 0 heterocycles. The van der Waals surface area contributed by atoms with Crippen molar-refractivity contribution in [1.29, 1.82) is 0 Å². The van der Waals surface area contributed by atoms with Gasteiger partial charge in [-0.05, 0) is 61.9 Å². The van der Waals surface area contributed by atoms with Crippen LogP contribution in [0.3, 0.4) is 0 Å². The Bertz CT molecular complexity index is 396. The molecule has 1 fully saturated rings. The van der Waals surface area contributed by atoms with Gasteiger partial charge in [-0.1, -0.05) is 31.0 Å². The van der Waals surface area contributed by atoms with E-state index in [0.717, 1.165) is 17.5 Å². The van der Waals surface area contributed by atoms with Crippen molar-refractivity contribution in [2.24, 2.45) is 5.92 Å². The monoisotopic (exact) mass is 251 g/mol. The van der Waals surface area contributed by atoms with E-state index in [1.54, 1.807) is 0 Å². The molecule has 17 heavy (non-hydrogen) atoms. The summed E-state index contributed by atoms with van der Waals surface area (Å²) in [4.78, 5) is 0. The summed E-state index contributed by atoms with van der Waals surface area (Å²) in [5, 5.41) is 4.53. The highest BCUT2D eigenvalue weighted by molar-refractivity contribution is 6.31. The van der Waals surface area contributed by atoms with E-state index in [0.29, 0.717) is 6.04 Å². The maximum absolute atomic E-state index is 6.42. The number of benzene rings is 1. The van der Waals surface area contributed by atoms with Crippen molar-refractivity contribution < 1.29 is 0 Å². The minimum Gasteiger partial charge on any atom is -0.310 e. The van der Waals surface area contributed by atoms with Gasteiger partial charge >= 0.3 is 0 Å². The van der Waals surface area contributed by atoms with Gasteiger partial charge in [-0.2, -0.15) is 0 Å². The van der Waals surface area contributed by atoms with Crippen molar-refractivity contribution in [2.75, 3.05) is 6.54 Å². The highest BCUT2D eigenvalue weighted by Gasteiger charge is 2.29. The second-order valence-electron chi connectivity index (χ2n) is 5.18. The van der Waals surface area contributed by atoms with Crippen LogP contribution in [0.1, 0.15) is 48.9 Å². The highest BCUT2D eigenvalue weighted by atomic mass is 35.5. The molecule has 1 unspecified atom stereocenters. The lowest BCUT2D eigenvalue weighted by Crippen LogP contribution is -2.32. The Morgan fingerprint density at radius 2 is 1.94 bits per heavy atom. The van der Waals surface area contributed by atoms with Gasteiger partial charge < -0.3 is 5.32 Å². The smallest absolute Gasteiger partial charge is 0.0456 e. The Kier molecular flexibility index (Phi) is 4.11. The zero-order valence-corrected chi connectivity index (χ0v) is 11.8. The number of rotatable bonds is 4. The van der Waals surface area contributed by atoms with E-state index in [4.69, 9.17) is 11.6 Å². The van der Waals surface area contributed by atoms with E-state index >= 15 is 0 Å². The first-order valence-electron chi connectivity index (χ1n) is 6.63. The van der Waals surface area contributed by atoms with Crippen LogP contribution in [0.5, 0.6) is 0 Å². The van der Waals surface area contributed by atoms with Gasteiger partial charge in [0.1, 0.15) is 0 Å². The third-order valence-electron chi connectivity index (χ3n) is 3.99. The van der Waals surface area contributed by atoms with Crippen LogP contribution in [-0.2, 0) is 0 Å². The van der Waals surface area contributed by atoms with Gasteiger partial charge in [0.05, 0.1) is 0 Å². The molecule has 1 saturated carbocycles. The van der Waals surface area contributed by atoms with Gasteiger partial charge in [0.25, 0.3) is 0 Å². The van der Waals surface area contributed by atoms with Gasteiger partial charge in [-0.25, -0.2) is 0 Å². The Balaban J connectivity index is 2.31. The molecule has 0 saturated heterocycles. The van der Waals surface area contributed by atoms with Crippen LogP contribution >= 0.6 is 11.6 Å². The lowest BCUT2D eigenvalue weighted by molar-refractivity contribution is 0.233. The molecule has 0 radical (unpaired) electrons. The fraction of sp³-hybridized carbons (Fsp3) is 0.600. The molecule has 1 atom stereocenters. The molecular formula is C15H22ClN. The maximum Gasteiger partial charge on any atom is 0.0456 e. The van der Waals surface area contributed by atoms with Crippen molar-refractivity contribution in [1.82, 2.24) is 5.32 Å². The first-order chi connectivity index (χ1) is 8.13. The molecule has 1 aromatic carbocycles. The van der Waals surface area contributed by atoms with Crippen molar-refractivity contribution in [3.8, 4) is 0 Å². The summed E-state index contributed by atoms with van der Waals surface area (Å²) in [6.07, 6.45) is 4.04. The largest absolute Gasteiger partial charge is 0.310 e. The molecule has 2 rings (SSSR count). The third kappa shape index (κ3) is 2.66. The van der Waals surface area contributed by atoms with Crippen LogP contribution < -0.4 is 5.32 Å². The van der Waals surface area contributed by atoms with Crippen LogP contribution in [0.25, 0.3) is 0 Å². The highest BCUT2D eigenvalue weighted by Crippen LogP contribution is 2.40. The lowest BCUT2D eigenvalue weighted by atomic mass is 9.77. The second kappa shape index (κ2) is 5.41. The van der Waals surface area contributed by atoms with E-state index in [1.807, 2.05) is 0 Å². The third-order valence-corrected chi connectivity index (χ3v) is 4.32. The first kappa shape index (κ1) is 12.9. The molecule has 1 aliphatic rings. The minimum atomic E-state index is 0.445. The normalized spacial score (nSPS) is 17.9. The van der Waals surface area contributed by atoms with Gasteiger partial charge in [0.15, 0.2) is 0 Å². The SMILES string of the molecule is CCNC(c1cc(C)c(C)cc1Cl)C1CCC1. The van der Waals surface area contributed by atoms with Crippen molar-refractivity contribution in [3.05, 3.63) is 33.8 Å². The number of nitrogens with one attached hydrogen (secondary N) is 1. The fourth-order valence-corrected chi connectivity index (χ4v) is 2.90. The van der Waals surface area contributed by atoms with Gasteiger partial charge in [0.2, 0.25) is 0 Å². The number of aryl methyl sites for hydroxylation is 2. The van der Waals surface area contributed by atoms with Crippen molar-refractivity contribution in [2.45, 2.75) is 46.1 Å². The fourth-order valence-electron chi connectivity index (χ4n) is 2.57. The average molecular weight is 252 g/mol. The van der Waals surface area contributed by atoms with Crippen LogP contribution in [-0.4, -0.2) is 6.54 Å². The Labute approximate surface area is 110 Å². The Hall–Kier alpha value is -0.530. The molecular weight excluding hydrogens is 230 g/mol. The molecule has 0 aliphatic heterocycles. The van der Waals surface area contributed by atoms with E-state index in [9.17, 15) is 0 Å². The second-order valence-corrected chi connectivity index (χ2v) is 5.59. The molecule has 0 bridgehead atoms. The molecule has 2 heteroatoms. The summed E-state index contributed by atoms with van der Waals surface area (Å²) in [6.45, 7) is 7.46. The van der Waals surface area contributed by atoms with Crippen LogP contribution in [0, 0.1) is 19.8 Å². The predicted octanol–water partition coefficient (Wildman–Crippen LogP) is 4.41. The van der Waals surface area contributed by atoms with Crippen LogP contribution in [0.2, 0.25) is 5.02 Å². The van der Waals surface area contributed by atoms with Crippen molar-refractivity contribution in [3.63, 3.8) is 0 Å². The summed E-state index contributed by atoms with van der Waals surface area (Å²) in [6, 6.07) is 4.82. The van der Waals surface area contributed by atoms with E-state index < -0.39 is 0 Å². The summed E-state index contributed by atoms with van der Waals surface area (Å²) < 4.78 is 0. The minimum absolute atomic E-state index is 0.445. The maximum atomic E-state index is 6.42. The quantitative estimate of drug-likeness (QED) is 0.836. The summed E-state index contributed by atoms with van der Waals surface area (Å²) in [7, 11) is 0. The average Bonchev–Trinajstić information content (AvgIpc) is 2.20. The topological polar surface area (TPSA) is 12.0 Å². The van der Waals surface area contributed by atoms with Gasteiger partial charge in [-0.15, -0.1) is 0 Å². The Morgan fingerprint density at radius 3 is 2.47 bits per heavy atom. The molecule has 1 N–H and O–H groups in total. The van der Waals surface area contributed by atoms with Crippen LogP contribution in [0.4, 0.5) is 0 Å². The molecule has 94 valence electrons. The summed E-state index contributed by atoms with van der Waals surface area (Å²) in [5.41, 5.74) is 3.91. The predicted molar refractivity (Wildman–Crippen MR) is 74.7 cm³/mol. The molecule has 0 aromatic heterocycles. The molecule has 1 aromatic rings. The van der Waals surface area contributed by atoms with E-state index in [2.05, 4.69) is 38.2 Å². The zero-order valence-electron chi connectivity index (χ0n) is 11.0. The molecule has 0 amide bonds. The summed E-state index contributed by atoms with van der Waals surface area (Å²) >= 11 is 6.42.